The minimum Gasteiger partial charge on any atom is -0.373 e. The Balaban J connectivity index is 1.49. The van der Waals surface area contributed by atoms with E-state index in [1.165, 1.54) is 12.1 Å². The van der Waals surface area contributed by atoms with Gasteiger partial charge in [0, 0.05) is 25.7 Å². The molecule has 1 saturated heterocycles. The van der Waals surface area contributed by atoms with E-state index in [4.69, 9.17) is 4.74 Å². The highest BCUT2D eigenvalue weighted by Crippen LogP contribution is 2.16. The Bertz CT molecular complexity index is 692. The van der Waals surface area contributed by atoms with E-state index in [-0.39, 0.29) is 23.7 Å². The summed E-state index contributed by atoms with van der Waals surface area (Å²) in [5, 5.41) is 7.71. The molecule has 3 rings (SSSR count). The van der Waals surface area contributed by atoms with E-state index in [1.54, 1.807) is 23.1 Å². The molecule has 2 atom stereocenters. The van der Waals surface area contributed by atoms with Gasteiger partial charge in [-0.25, -0.2) is 9.07 Å². The molecule has 0 spiro atoms. The number of hydrogen-bond donors (Lipinski definition) is 0. The second kappa shape index (κ2) is 8.20. The number of morpholine rings is 1. The lowest BCUT2D eigenvalue weighted by molar-refractivity contribution is -0.140. The van der Waals surface area contributed by atoms with E-state index in [9.17, 15) is 9.18 Å². The molecule has 2 unspecified atom stereocenters. The summed E-state index contributed by atoms with van der Waals surface area (Å²) in [7, 11) is 0. The van der Waals surface area contributed by atoms with Gasteiger partial charge in [0.2, 0.25) is 5.91 Å². The van der Waals surface area contributed by atoms with Crippen molar-refractivity contribution in [2.75, 3.05) is 19.7 Å². The predicted molar refractivity (Wildman–Crippen MR) is 90.2 cm³/mol. The maximum Gasteiger partial charge on any atom is 0.223 e. The quantitative estimate of drug-likeness (QED) is 0.802. The highest BCUT2D eigenvalue weighted by atomic mass is 19.1. The first-order valence-electron chi connectivity index (χ1n) is 8.58. The smallest absolute Gasteiger partial charge is 0.223 e. The fourth-order valence-electron chi connectivity index (χ4n) is 3.16. The van der Waals surface area contributed by atoms with Gasteiger partial charge in [0.05, 0.1) is 25.5 Å². The number of amides is 1. The van der Waals surface area contributed by atoms with E-state index in [1.807, 2.05) is 17.9 Å². The van der Waals surface area contributed by atoms with Gasteiger partial charge in [-0.05, 0) is 30.0 Å². The van der Waals surface area contributed by atoms with Crippen LogP contribution in [0.25, 0.3) is 0 Å². The fourth-order valence-corrected chi connectivity index (χ4v) is 3.16. The molecule has 1 aliphatic rings. The summed E-state index contributed by atoms with van der Waals surface area (Å²) in [6.07, 6.45) is 4.48. The van der Waals surface area contributed by atoms with E-state index in [0.29, 0.717) is 39.1 Å². The Kier molecular flexibility index (Phi) is 5.75. The van der Waals surface area contributed by atoms with Gasteiger partial charge in [0.15, 0.2) is 0 Å². The normalized spacial score (nSPS) is 19.0. The number of rotatable bonds is 6. The lowest BCUT2D eigenvalue weighted by atomic mass is 9.97. The van der Waals surface area contributed by atoms with E-state index < -0.39 is 0 Å². The third-order valence-electron chi connectivity index (χ3n) is 4.35. The molecule has 1 aromatic carbocycles. The molecule has 6 nitrogen and oxygen atoms in total. The van der Waals surface area contributed by atoms with E-state index in [0.717, 1.165) is 5.56 Å². The van der Waals surface area contributed by atoms with Crippen LogP contribution in [0.1, 0.15) is 18.9 Å². The van der Waals surface area contributed by atoms with E-state index >= 15 is 0 Å². The number of benzene rings is 1. The average molecular weight is 346 g/mol. The zero-order chi connectivity index (χ0) is 17.6. The van der Waals surface area contributed by atoms with Crippen molar-refractivity contribution in [2.45, 2.75) is 32.4 Å². The summed E-state index contributed by atoms with van der Waals surface area (Å²) >= 11 is 0. The van der Waals surface area contributed by atoms with Crippen molar-refractivity contribution in [1.82, 2.24) is 19.9 Å². The monoisotopic (exact) mass is 346 g/mol. The van der Waals surface area contributed by atoms with Crippen LogP contribution in [-0.4, -0.2) is 51.6 Å². The second-order valence-electron chi connectivity index (χ2n) is 6.60. The van der Waals surface area contributed by atoms with Crippen LogP contribution in [0.5, 0.6) is 0 Å². The summed E-state index contributed by atoms with van der Waals surface area (Å²) in [5.74, 6) is 0.0434. The number of ether oxygens (including phenoxy) is 1. The predicted octanol–water partition coefficient (Wildman–Crippen LogP) is 1.91. The molecular formula is C18H23FN4O2. The SMILES string of the molecule is CC(CC(=O)N1CCOC(Cn2ccnn2)C1)Cc1cccc(F)c1. The number of aromatic nitrogens is 3. The molecule has 134 valence electrons. The largest absolute Gasteiger partial charge is 0.373 e. The van der Waals surface area contributed by atoms with Gasteiger partial charge < -0.3 is 9.64 Å². The van der Waals surface area contributed by atoms with Crippen molar-refractivity contribution in [3.05, 3.63) is 48.0 Å². The minimum atomic E-state index is -0.236. The van der Waals surface area contributed by atoms with Gasteiger partial charge in [-0.15, -0.1) is 5.10 Å². The lowest BCUT2D eigenvalue weighted by Crippen LogP contribution is -2.47. The summed E-state index contributed by atoms with van der Waals surface area (Å²) in [4.78, 5) is 14.4. The van der Waals surface area contributed by atoms with Crippen molar-refractivity contribution < 1.29 is 13.9 Å². The zero-order valence-electron chi connectivity index (χ0n) is 14.3. The molecule has 1 aromatic heterocycles. The molecular weight excluding hydrogens is 323 g/mol. The van der Waals surface area contributed by atoms with Crippen LogP contribution in [0, 0.1) is 11.7 Å². The van der Waals surface area contributed by atoms with Gasteiger partial charge in [-0.3, -0.25) is 4.79 Å². The number of nitrogens with zero attached hydrogens (tertiary/aromatic N) is 4. The summed E-state index contributed by atoms with van der Waals surface area (Å²) in [5.41, 5.74) is 0.923. The molecule has 1 amide bonds. The first kappa shape index (κ1) is 17.5. The first-order valence-corrected chi connectivity index (χ1v) is 8.58. The first-order chi connectivity index (χ1) is 12.1. The van der Waals surface area contributed by atoms with Crippen LogP contribution in [0.3, 0.4) is 0 Å². The molecule has 2 heterocycles. The van der Waals surface area contributed by atoms with Crippen molar-refractivity contribution >= 4 is 5.91 Å². The standard InChI is InChI=1S/C18H23FN4O2/c1-14(9-15-3-2-4-16(19)11-15)10-18(24)22-7-8-25-17(12-22)13-23-6-5-20-21-23/h2-6,11,14,17H,7-10,12-13H2,1H3. The Morgan fingerprint density at radius 3 is 3.12 bits per heavy atom. The van der Waals surface area contributed by atoms with E-state index in [2.05, 4.69) is 10.3 Å². The maximum absolute atomic E-state index is 13.3. The van der Waals surface area contributed by atoms with Crippen LogP contribution in [0.4, 0.5) is 4.39 Å². The summed E-state index contributed by atoms with van der Waals surface area (Å²) in [6.45, 7) is 4.31. The van der Waals surface area contributed by atoms with Crippen molar-refractivity contribution in [3.63, 3.8) is 0 Å². The molecule has 25 heavy (non-hydrogen) atoms. The molecule has 0 radical (unpaired) electrons. The molecule has 0 bridgehead atoms. The van der Waals surface area contributed by atoms with Crippen LogP contribution < -0.4 is 0 Å². The van der Waals surface area contributed by atoms with Gasteiger partial charge in [0.25, 0.3) is 0 Å². The van der Waals surface area contributed by atoms with Gasteiger partial charge in [0.1, 0.15) is 5.82 Å². The van der Waals surface area contributed by atoms with Gasteiger partial charge in [-0.1, -0.05) is 24.3 Å². The molecule has 1 fully saturated rings. The Labute approximate surface area is 146 Å². The number of carbonyl (C=O) groups excluding carboxylic acids is 1. The molecule has 7 heteroatoms. The Morgan fingerprint density at radius 1 is 1.48 bits per heavy atom. The van der Waals surface area contributed by atoms with Crippen LogP contribution in [-0.2, 0) is 22.5 Å². The van der Waals surface area contributed by atoms with Crippen LogP contribution >= 0.6 is 0 Å². The molecule has 2 aromatic rings. The third-order valence-corrected chi connectivity index (χ3v) is 4.35. The minimum absolute atomic E-state index is 0.0714. The Hall–Kier alpha value is -2.28. The highest BCUT2D eigenvalue weighted by molar-refractivity contribution is 5.76. The molecule has 0 saturated carbocycles. The number of halogens is 1. The molecule has 0 N–H and O–H groups in total. The van der Waals surface area contributed by atoms with Gasteiger partial charge >= 0.3 is 0 Å². The van der Waals surface area contributed by atoms with Crippen molar-refractivity contribution in [3.8, 4) is 0 Å². The van der Waals surface area contributed by atoms with Crippen LogP contribution in [0.2, 0.25) is 0 Å². The highest BCUT2D eigenvalue weighted by Gasteiger charge is 2.25. The molecule has 1 aliphatic heterocycles. The number of carbonyl (C=O) groups is 1. The van der Waals surface area contributed by atoms with Gasteiger partial charge in [-0.2, -0.15) is 0 Å². The van der Waals surface area contributed by atoms with Crippen molar-refractivity contribution in [2.24, 2.45) is 5.92 Å². The lowest BCUT2D eigenvalue weighted by Gasteiger charge is -2.33. The zero-order valence-corrected chi connectivity index (χ0v) is 14.3. The summed E-state index contributed by atoms with van der Waals surface area (Å²) < 4.78 is 20.7. The second-order valence-corrected chi connectivity index (χ2v) is 6.60. The fraction of sp³-hybridized carbons (Fsp3) is 0.500. The average Bonchev–Trinajstić information content (AvgIpc) is 3.08. The topological polar surface area (TPSA) is 60.2 Å². The van der Waals surface area contributed by atoms with Crippen molar-refractivity contribution in [1.29, 1.82) is 0 Å². The van der Waals surface area contributed by atoms with Crippen LogP contribution in [0.15, 0.2) is 36.7 Å². The Morgan fingerprint density at radius 2 is 2.36 bits per heavy atom. The third kappa shape index (κ3) is 5.09. The molecule has 0 aliphatic carbocycles. The number of hydrogen-bond acceptors (Lipinski definition) is 4. The summed E-state index contributed by atoms with van der Waals surface area (Å²) in [6, 6.07) is 6.56. The maximum atomic E-state index is 13.3.